The topological polar surface area (TPSA) is 57.7 Å². The van der Waals surface area contributed by atoms with Crippen LogP contribution < -0.4 is 5.32 Å². The van der Waals surface area contributed by atoms with Crippen LogP contribution >= 0.6 is 0 Å². The predicted molar refractivity (Wildman–Crippen MR) is 97.3 cm³/mol. The first-order valence-corrected chi connectivity index (χ1v) is 9.54. The summed E-state index contributed by atoms with van der Waals surface area (Å²) in [4.78, 5) is 21.3. The summed E-state index contributed by atoms with van der Waals surface area (Å²) in [6.07, 6.45) is 6.13. The van der Waals surface area contributed by atoms with Crippen molar-refractivity contribution in [2.45, 2.75) is 51.3 Å². The van der Waals surface area contributed by atoms with E-state index in [0.29, 0.717) is 0 Å². The summed E-state index contributed by atoms with van der Waals surface area (Å²) in [6, 6.07) is 6.40. The number of likely N-dealkylation sites (tertiary alicyclic amines) is 2. The van der Waals surface area contributed by atoms with E-state index in [0.717, 1.165) is 70.7 Å². The lowest BCUT2D eigenvalue weighted by atomic mass is 10.0. The summed E-state index contributed by atoms with van der Waals surface area (Å²) in [7, 11) is 0. The van der Waals surface area contributed by atoms with E-state index in [1.165, 1.54) is 0 Å². The Morgan fingerprint density at radius 2 is 2.12 bits per heavy atom. The van der Waals surface area contributed by atoms with Crippen molar-refractivity contribution in [3.8, 4) is 0 Å². The van der Waals surface area contributed by atoms with E-state index in [9.17, 15) is 4.79 Å². The highest BCUT2D eigenvalue weighted by molar-refractivity contribution is 5.74. The zero-order chi connectivity index (χ0) is 17.5. The first kappa shape index (κ1) is 18.1. The molecule has 2 saturated heterocycles. The largest absolute Gasteiger partial charge is 0.377 e. The second-order valence-electron chi connectivity index (χ2n) is 6.99. The standard InChI is InChI=1S/C19H30N4O2/c1-2-25-18-7-5-11-23(15-18)19(24)21-16-8-12-22(13-9-16)14-17-6-3-4-10-20-17/h3-4,6,10,16,18H,2,5,7-9,11-15H2,1H3,(H,21,24). The summed E-state index contributed by atoms with van der Waals surface area (Å²) in [6.45, 7) is 7.19. The van der Waals surface area contributed by atoms with E-state index in [-0.39, 0.29) is 18.2 Å². The zero-order valence-corrected chi connectivity index (χ0v) is 15.2. The number of hydrogen-bond donors (Lipinski definition) is 1. The molecule has 2 fully saturated rings. The van der Waals surface area contributed by atoms with Crippen molar-refractivity contribution >= 4 is 6.03 Å². The maximum Gasteiger partial charge on any atom is 0.317 e. The number of ether oxygens (including phenoxy) is 1. The molecule has 1 N–H and O–H groups in total. The summed E-state index contributed by atoms with van der Waals surface area (Å²) in [5.74, 6) is 0. The van der Waals surface area contributed by atoms with E-state index in [4.69, 9.17) is 4.74 Å². The highest BCUT2D eigenvalue weighted by Crippen LogP contribution is 2.16. The van der Waals surface area contributed by atoms with E-state index >= 15 is 0 Å². The van der Waals surface area contributed by atoms with Crippen molar-refractivity contribution in [1.29, 1.82) is 0 Å². The fourth-order valence-electron chi connectivity index (χ4n) is 3.72. The number of pyridine rings is 1. The summed E-state index contributed by atoms with van der Waals surface area (Å²) in [5.41, 5.74) is 1.11. The molecule has 1 unspecified atom stereocenters. The highest BCUT2D eigenvalue weighted by Gasteiger charge is 2.27. The molecule has 25 heavy (non-hydrogen) atoms. The summed E-state index contributed by atoms with van der Waals surface area (Å²) in [5, 5.41) is 3.22. The van der Waals surface area contributed by atoms with Crippen LogP contribution in [0.25, 0.3) is 0 Å². The molecule has 0 spiro atoms. The Morgan fingerprint density at radius 3 is 2.84 bits per heavy atom. The van der Waals surface area contributed by atoms with Gasteiger partial charge >= 0.3 is 6.03 Å². The molecule has 6 heteroatoms. The van der Waals surface area contributed by atoms with Crippen LogP contribution in [0, 0.1) is 0 Å². The van der Waals surface area contributed by atoms with E-state index in [1.807, 2.05) is 30.2 Å². The van der Waals surface area contributed by atoms with Gasteiger partial charge in [-0.2, -0.15) is 0 Å². The van der Waals surface area contributed by atoms with Crippen LogP contribution in [-0.2, 0) is 11.3 Å². The molecule has 3 rings (SSSR count). The van der Waals surface area contributed by atoms with Crippen molar-refractivity contribution in [2.24, 2.45) is 0 Å². The van der Waals surface area contributed by atoms with Gasteiger partial charge in [0, 0.05) is 51.6 Å². The maximum absolute atomic E-state index is 12.5. The number of nitrogens with zero attached hydrogens (tertiary/aromatic N) is 3. The monoisotopic (exact) mass is 346 g/mol. The van der Waals surface area contributed by atoms with Gasteiger partial charge in [-0.15, -0.1) is 0 Å². The van der Waals surface area contributed by atoms with Crippen LogP contribution in [0.2, 0.25) is 0 Å². The minimum absolute atomic E-state index is 0.0765. The summed E-state index contributed by atoms with van der Waals surface area (Å²) >= 11 is 0. The van der Waals surface area contributed by atoms with Gasteiger partial charge in [0.05, 0.1) is 11.8 Å². The van der Waals surface area contributed by atoms with Crippen molar-refractivity contribution in [3.05, 3.63) is 30.1 Å². The lowest BCUT2D eigenvalue weighted by Gasteiger charge is -2.36. The number of urea groups is 1. The molecular weight excluding hydrogens is 316 g/mol. The Kier molecular flexibility index (Phi) is 6.64. The molecule has 0 aromatic carbocycles. The Bertz CT molecular complexity index is 529. The first-order valence-electron chi connectivity index (χ1n) is 9.54. The minimum atomic E-state index is 0.0765. The molecule has 0 bridgehead atoms. The summed E-state index contributed by atoms with van der Waals surface area (Å²) < 4.78 is 5.69. The lowest BCUT2D eigenvalue weighted by molar-refractivity contribution is 0.0158. The van der Waals surface area contributed by atoms with Crippen LogP contribution in [0.5, 0.6) is 0 Å². The van der Waals surface area contributed by atoms with E-state index in [2.05, 4.69) is 21.3 Å². The Hall–Kier alpha value is -1.66. The van der Waals surface area contributed by atoms with Crippen molar-refractivity contribution in [1.82, 2.24) is 20.1 Å². The molecule has 6 nitrogen and oxygen atoms in total. The minimum Gasteiger partial charge on any atom is -0.377 e. The molecule has 2 aliphatic rings. The molecule has 1 aromatic rings. The Labute approximate surface area is 150 Å². The van der Waals surface area contributed by atoms with Crippen LogP contribution in [0.1, 0.15) is 38.3 Å². The molecule has 0 saturated carbocycles. The number of aromatic nitrogens is 1. The number of hydrogen-bond acceptors (Lipinski definition) is 4. The fourth-order valence-corrected chi connectivity index (χ4v) is 3.72. The first-order chi connectivity index (χ1) is 12.2. The molecule has 0 aliphatic carbocycles. The number of carbonyl (C=O) groups excluding carboxylic acids is 1. The molecular formula is C19H30N4O2. The van der Waals surface area contributed by atoms with Gasteiger partial charge in [0.15, 0.2) is 0 Å². The SMILES string of the molecule is CCOC1CCCN(C(=O)NC2CCN(Cc3ccccn3)CC2)C1. The van der Waals surface area contributed by atoms with Gasteiger partial charge in [-0.3, -0.25) is 9.88 Å². The van der Waals surface area contributed by atoms with Crippen LogP contribution in [-0.4, -0.2) is 65.7 Å². The number of rotatable bonds is 5. The van der Waals surface area contributed by atoms with Crippen LogP contribution in [0.4, 0.5) is 4.79 Å². The molecule has 1 atom stereocenters. The molecule has 2 aliphatic heterocycles. The van der Waals surface area contributed by atoms with Crippen molar-refractivity contribution in [2.75, 3.05) is 32.8 Å². The predicted octanol–water partition coefficient (Wildman–Crippen LogP) is 2.26. The molecule has 1 aromatic heterocycles. The van der Waals surface area contributed by atoms with Gasteiger partial charge < -0.3 is 15.0 Å². The highest BCUT2D eigenvalue weighted by atomic mass is 16.5. The smallest absolute Gasteiger partial charge is 0.317 e. The zero-order valence-electron chi connectivity index (χ0n) is 15.2. The number of piperidine rings is 2. The maximum atomic E-state index is 12.5. The molecule has 0 radical (unpaired) electrons. The van der Waals surface area contributed by atoms with Crippen molar-refractivity contribution < 1.29 is 9.53 Å². The fraction of sp³-hybridized carbons (Fsp3) is 0.684. The van der Waals surface area contributed by atoms with Crippen molar-refractivity contribution in [3.63, 3.8) is 0 Å². The van der Waals surface area contributed by atoms with E-state index < -0.39 is 0 Å². The van der Waals surface area contributed by atoms with Gasteiger partial charge in [0.1, 0.15) is 0 Å². The average molecular weight is 346 g/mol. The third kappa shape index (κ3) is 5.41. The van der Waals surface area contributed by atoms with Crippen LogP contribution in [0.3, 0.4) is 0 Å². The lowest BCUT2D eigenvalue weighted by Crippen LogP contribution is -2.52. The number of carbonyl (C=O) groups is 1. The van der Waals surface area contributed by atoms with Crippen LogP contribution in [0.15, 0.2) is 24.4 Å². The molecule has 2 amide bonds. The number of amides is 2. The van der Waals surface area contributed by atoms with Gasteiger partial charge in [0.2, 0.25) is 0 Å². The average Bonchev–Trinajstić information content (AvgIpc) is 2.65. The normalized spacial score (nSPS) is 22.8. The van der Waals surface area contributed by atoms with Gasteiger partial charge in [0.25, 0.3) is 0 Å². The Balaban J connectivity index is 1.40. The second-order valence-corrected chi connectivity index (χ2v) is 6.99. The van der Waals surface area contributed by atoms with E-state index in [1.54, 1.807) is 0 Å². The number of nitrogens with one attached hydrogen (secondary N) is 1. The van der Waals surface area contributed by atoms with Gasteiger partial charge in [-0.1, -0.05) is 6.07 Å². The molecule has 3 heterocycles. The quantitative estimate of drug-likeness (QED) is 0.888. The van der Waals surface area contributed by atoms with Gasteiger partial charge in [-0.25, -0.2) is 4.79 Å². The second kappa shape index (κ2) is 9.15. The molecule has 138 valence electrons. The third-order valence-electron chi connectivity index (χ3n) is 5.09. The Morgan fingerprint density at radius 1 is 1.28 bits per heavy atom. The third-order valence-corrected chi connectivity index (χ3v) is 5.09. The van der Waals surface area contributed by atoms with Gasteiger partial charge in [-0.05, 0) is 44.7 Å².